The number of hydrogen-bond acceptors (Lipinski definition) is 14. The van der Waals surface area contributed by atoms with Crippen molar-refractivity contribution >= 4 is 0 Å². The van der Waals surface area contributed by atoms with E-state index in [0.717, 1.165) is 111 Å². The lowest BCUT2D eigenvalue weighted by molar-refractivity contribution is -0.663. The predicted molar refractivity (Wildman–Crippen MR) is 187 cm³/mol. The number of piperazine rings is 4. The molecule has 4 unspecified atom stereocenters. The van der Waals surface area contributed by atoms with Crippen molar-refractivity contribution in [3.63, 3.8) is 0 Å². The second-order valence-electron chi connectivity index (χ2n) is 14.7. The molecule has 49 heavy (non-hydrogen) atoms. The minimum atomic E-state index is -0.733. The van der Waals surface area contributed by atoms with Crippen molar-refractivity contribution in [2.24, 2.45) is 11.1 Å². The molecule has 4 aliphatic rings. The van der Waals surface area contributed by atoms with Crippen molar-refractivity contribution in [3.8, 4) is 0 Å². The van der Waals surface area contributed by atoms with Crippen LogP contribution in [0.4, 0.5) is 0 Å². The summed E-state index contributed by atoms with van der Waals surface area (Å²) in [7, 11) is 0. The van der Waals surface area contributed by atoms with Gasteiger partial charge in [-0.3, -0.25) is 19.6 Å². The van der Waals surface area contributed by atoms with Crippen LogP contribution in [0.5, 0.6) is 0 Å². The molecule has 4 fully saturated rings. The first-order chi connectivity index (χ1) is 23.9. The normalized spacial score (nSPS) is 24.7. The molecule has 4 rings (SSSR count). The lowest BCUT2D eigenvalue weighted by Crippen LogP contribution is -2.89. The van der Waals surface area contributed by atoms with Crippen molar-refractivity contribution in [2.75, 3.05) is 184 Å². The number of nitrogens with one attached hydrogen (secondary N) is 2. The van der Waals surface area contributed by atoms with E-state index in [4.69, 9.17) is 24.7 Å². The first-order valence-corrected chi connectivity index (χ1v) is 18.9. The Morgan fingerprint density at radius 2 is 0.837 bits per heavy atom. The lowest BCUT2D eigenvalue weighted by Gasteiger charge is -2.35. The first kappa shape index (κ1) is 41.1. The number of β-amino-alcohol motifs (C(OH)–C–C–N with tert-alkyl or cyclic N) is 3. The average molecular weight is 706 g/mol. The Labute approximate surface area is 294 Å². The van der Waals surface area contributed by atoms with Crippen molar-refractivity contribution in [1.82, 2.24) is 30.2 Å². The summed E-state index contributed by atoms with van der Waals surface area (Å²) in [4.78, 5) is 9.16. The standard InChI is InChI=1S/C33H69N9O7/c34-29(17-39-9-1-35-2-10-39)21-46-25-33(26-47-22-30(43)18-40-11-3-36-4-12-40,27-48-23-31(44)19-41-13-5-37-6-14-41)28-49-24-32(45)20-42-15-7-38-8-16-42/h29-32,35-38,43-45H,1-28,34H2/p+2. The summed E-state index contributed by atoms with van der Waals surface area (Å²) >= 11 is 0. The van der Waals surface area contributed by atoms with Gasteiger partial charge in [0, 0.05) is 111 Å². The summed E-state index contributed by atoms with van der Waals surface area (Å²) in [6, 6.07) is -0.135. The van der Waals surface area contributed by atoms with E-state index in [2.05, 4.69) is 40.9 Å². The lowest BCUT2D eigenvalue weighted by atomic mass is 9.92. The molecule has 0 aromatic carbocycles. The zero-order valence-electron chi connectivity index (χ0n) is 30.1. The van der Waals surface area contributed by atoms with Crippen LogP contribution in [-0.4, -0.2) is 243 Å². The number of nitrogens with two attached hydrogens (primary N) is 3. The number of nitrogens with zero attached hydrogens (tertiary/aromatic N) is 4. The molecule has 0 aliphatic carbocycles. The van der Waals surface area contributed by atoms with Gasteiger partial charge in [0.2, 0.25) is 0 Å². The molecule has 0 saturated carbocycles. The zero-order valence-corrected chi connectivity index (χ0v) is 30.1. The van der Waals surface area contributed by atoms with Gasteiger partial charge in [-0.25, -0.2) is 0 Å². The van der Waals surface area contributed by atoms with Crippen molar-refractivity contribution in [3.05, 3.63) is 0 Å². The van der Waals surface area contributed by atoms with Crippen molar-refractivity contribution in [1.29, 1.82) is 0 Å². The third kappa shape index (κ3) is 17.2. The molecule has 16 nitrogen and oxygen atoms in total. The average Bonchev–Trinajstić information content (AvgIpc) is 3.10. The zero-order chi connectivity index (χ0) is 34.6. The smallest absolute Gasteiger partial charge is 0.0900 e. The van der Waals surface area contributed by atoms with E-state index in [9.17, 15) is 15.3 Å². The quantitative estimate of drug-likeness (QED) is 0.0472. The third-order valence-electron chi connectivity index (χ3n) is 9.81. The molecule has 4 heterocycles. The van der Waals surface area contributed by atoms with Gasteiger partial charge in [-0.05, 0) is 0 Å². The number of rotatable bonds is 24. The molecule has 0 amide bonds. The largest absolute Gasteiger partial charge is 0.389 e. The molecule has 288 valence electrons. The molecule has 0 spiro atoms. The summed E-state index contributed by atoms with van der Waals surface area (Å²) in [5, 5.41) is 43.8. The number of quaternary nitrogens is 2. The monoisotopic (exact) mass is 706 g/mol. The molecule has 16 heteroatoms. The van der Waals surface area contributed by atoms with E-state index in [0.29, 0.717) is 26.2 Å². The molecule has 4 atom stereocenters. The maximum Gasteiger partial charge on any atom is 0.0900 e. The Morgan fingerprint density at radius 1 is 0.510 bits per heavy atom. The Kier molecular flexibility index (Phi) is 20.0. The van der Waals surface area contributed by atoms with Crippen molar-refractivity contribution < 1.29 is 44.9 Å². The highest BCUT2D eigenvalue weighted by atomic mass is 16.5. The van der Waals surface area contributed by atoms with Crippen LogP contribution in [0.3, 0.4) is 0 Å². The van der Waals surface area contributed by atoms with Gasteiger partial charge in [0.25, 0.3) is 0 Å². The molecule has 11 N–H and O–H groups in total. The van der Waals surface area contributed by atoms with Crippen LogP contribution < -0.4 is 27.0 Å². The minimum Gasteiger partial charge on any atom is -0.389 e. The number of ether oxygens (including phenoxy) is 4. The molecule has 0 aromatic heterocycles. The van der Waals surface area contributed by atoms with Gasteiger partial charge in [0.05, 0.1) is 103 Å². The molecule has 4 aliphatic heterocycles. The van der Waals surface area contributed by atoms with Gasteiger partial charge in [0.1, 0.15) is 0 Å². The topological polar surface area (TPSA) is 194 Å². The minimum absolute atomic E-state index is 0.135. The van der Waals surface area contributed by atoms with Crippen LogP contribution >= 0.6 is 0 Å². The maximum absolute atomic E-state index is 10.8. The number of aliphatic hydroxyl groups excluding tert-OH is 3. The van der Waals surface area contributed by atoms with Crippen molar-refractivity contribution in [2.45, 2.75) is 24.4 Å². The van der Waals surface area contributed by atoms with Gasteiger partial charge in [-0.1, -0.05) is 0 Å². The Morgan fingerprint density at radius 3 is 1.22 bits per heavy atom. The summed E-state index contributed by atoms with van der Waals surface area (Å²) in [6.07, 6.45) is -1.87. The van der Waals surface area contributed by atoms with E-state index in [1.165, 1.54) is 0 Å². The third-order valence-corrected chi connectivity index (χ3v) is 9.81. The van der Waals surface area contributed by atoms with Gasteiger partial charge in [-0.15, -0.1) is 0 Å². The molecular weight excluding hydrogens is 634 g/mol. The highest BCUT2D eigenvalue weighted by Gasteiger charge is 2.34. The highest BCUT2D eigenvalue weighted by Crippen LogP contribution is 2.22. The van der Waals surface area contributed by atoms with E-state index < -0.39 is 23.7 Å². The predicted octanol–water partition coefficient (Wildman–Crippen LogP) is -6.98. The molecule has 4 saturated heterocycles. The molecule has 0 radical (unpaired) electrons. The summed E-state index contributed by atoms with van der Waals surface area (Å²) in [5.74, 6) is 0. The fraction of sp³-hybridized carbons (Fsp3) is 1.00. The molecular formula is C33H71N9O7+2. The van der Waals surface area contributed by atoms with Crippen LogP contribution in [-0.2, 0) is 18.9 Å². The maximum atomic E-state index is 10.8. The fourth-order valence-corrected chi connectivity index (χ4v) is 7.11. The summed E-state index contributed by atoms with van der Waals surface area (Å²) in [5.41, 5.74) is 5.79. The highest BCUT2D eigenvalue weighted by molar-refractivity contribution is 4.82. The SMILES string of the molecule is NC(COCC(COCC(O)CN1CCNCC1)(COCC(O)CN1CCNCC1)COCC(O)CN1CC[NH2+]CC1)CN1CC[NH2+]CC1. The van der Waals surface area contributed by atoms with Gasteiger partial charge in [-0.2, -0.15) is 0 Å². The Balaban J connectivity index is 1.34. The van der Waals surface area contributed by atoms with Crippen LogP contribution in [0.15, 0.2) is 0 Å². The fourth-order valence-electron chi connectivity index (χ4n) is 7.11. The van der Waals surface area contributed by atoms with E-state index in [1.54, 1.807) is 0 Å². The van der Waals surface area contributed by atoms with E-state index in [1.807, 2.05) is 0 Å². The van der Waals surface area contributed by atoms with Crippen LogP contribution in [0, 0.1) is 5.41 Å². The second-order valence-corrected chi connectivity index (χ2v) is 14.7. The Bertz CT molecular complexity index is 699. The molecule has 0 bridgehead atoms. The van der Waals surface area contributed by atoms with E-state index >= 15 is 0 Å². The van der Waals surface area contributed by atoms with Crippen LogP contribution in [0.1, 0.15) is 0 Å². The summed E-state index contributed by atoms with van der Waals surface area (Å²) in [6.45, 7) is 19.9. The van der Waals surface area contributed by atoms with Crippen LogP contribution in [0.25, 0.3) is 0 Å². The summed E-state index contributed by atoms with van der Waals surface area (Å²) < 4.78 is 25.0. The van der Waals surface area contributed by atoms with Gasteiger partial charge < -0.3 is 61.3 Å². The number of aliphatic hydroxyl groups is 3. The molecule has 0 aromatic rings. The number of hydrogen-bond donors (Lipinski definition) is 8. The first-order valence-electron chi connectivity index (χ1n) is 18.9. The van der Waals surface area contributed by atoms with E-state index in [-0.39, 0.29) is 52.3 Å². The Hall–Kier alpha value is -0.640. The van der Waals surface area contributed by atoms with Gasteiger partial charge in [0.15, 0.2) is 0 Å². The van der Waals surface area contributed by atoms with Gasteiger partial charge >= 0.3 is 0 Å². The van der Waals surface area contributed by atoms with Crippen LogP contribution in [0.2, 0.25) is 0 Å². The second kappa shape index (κ2) is 23.8.